The van der Waals surface area contributed by atoms with Gasteiger partial charge in [0.1, 0.15) is 0 Å². The molecule has 2 amide bonds. The number of ketones is 1. The monoisotopic (exact) mass is 628 g/mol. The number of pyridine rings is 1. The standard InChI is InChI=1S/C38H29ClN2O5/c39-32-12-6-11-28-31(38(45)46-22-34(42)26-15-13-24(14-16-26)23-7-2-1-3-8-23)21-33(40-35(28)32)25-17-19-27(20-18-25)41-36(43)29-9-4-5-10-30(29)37(41)44/h1-3,6-8,11-21,29-30H,4-5,9-10,22H2. The second kappa shape index (κ2) is 12.3. The molecule has 2 atom stereocenters. The van der Waals surface area contributed by atoms with E-state index in [1.807, 2.05) is 42.5 Å². The Morgan fingerprint density at radius 3 is 2.07 bits per heavy atom. The number of imide groups is 1. The van der Waals surface area contributed by atoms with Gasteiger partial charge in [-0.05, 0) is 48.2 Å². The molecule has 7 nitrogen and oxygen atoms in total. The number of carbonyl (C=O) groups is 4. The van der Waals surface area contributed by atoms with Gasteiger partial charge in [0.05, 0.1) is 39.3 Å². The molecule has 1 saturated carbocycles. The molecule has 8 heteroatoms. The van der Waals surface area contributed by atoms with Crippen LogP contribution in [0.25, 0.3) is 33.3 Å². The molecule has 2 fully saturated rings. The summed E-state index contributed by atoms with van der Waals surface area (Å²) in [6.45, 7) is -0.433. The van der Waals surface area contributed by atoms with Crippen molar-refractivity contribution < 1.29 is 23.9 Å². The van der Waals surface area contributed by atoms with Crippen LogP contribution in [0.15, 0.2) is 103 Å². The molecule has 1 aromatic heterocycles. The number of hydrogen-bond donors (Lipinski definition) is 0. The predicted octanol–water partition coefficient (Wildman–Crippen LogP) is 7.94. The number of para-hydroxylation sites is 1. The minimum atomic E-state index is -0.683. The van der Waals surface area contributed by atoms with E-state index in [-0.39, 0.29) is 35.0 Å². The third kappa shape index (κ3) is 5.48. The maximum atomic E-state index is 13.4. The van der Waals surface area contributed by atoms with Gasteiger partial charge in [0.25, 0.3) is 0 Å². The first kappa shape index (κ1) is 29.6. The molecule has 1 aliphatic heterocycles. The first-order valence-electron chi connectivity index (χ1n) is 15.3. The molecular formula is C38H29ClN2O5. The van der Waals surface area contributed by atoms with Crippen LogP contribution in [0.3, 0.4) is 0 Å². The van der Waals surface area contributed by atoms with Gasteiger partial charge in [-0.3, -0.25) is 19.3 Å². The average Bonchev–Trinajstić information content (AvgIpc) is 3.36. The van der Waals surface area contributed by atoms with E-state index in [1.54, 1.807) is 60.7 Å². The van der Waals surface area contributed by atoms with Gasteiger partial charge in [-0.1, -0.05) is 103 Å². The number of anilines is 1. The first-order chi connectivity index (χ1) is 22.4. The number of fused-ring (bicyclic) bond motifs is 2. The molecule has 2 aliphatic rings. The average molecular weight is 629 g/mol. The summed E-state index contributed by atoms with van der Waals surface area (Å²) in [5.41, 5.74) is 4.71. The summed E-state index contributed by atoms with van der Waals surface area (Å²) in [5, 5.41) is 0.851. The quantitative estimate of drug-likeness (QED) is 0.103. The number of benzene rings is 4. The fourth-order valence-electron chi connectivity index (χ4n) is 6.50. The highest BCUT2D eigenvalue weighted by molar-refractivity contribution is 6.35. The largest absolute Gasteiger partial charge is 0.454 e. The van der Waals surface area contributed by atoms with Crippen molar-refractivity contribution in [3.63, 3.8) is 0 Å². The van der Waals surface area contributed by atoms with Gasteiger partial charge in [0.2, 0.25) is 11.8 Å². The van der Waals surface area contributed by atoms with Gasteiger partial charge in [-0.15, -0.1) is 0 Å². The van der Waals surface area contributed by atoms with Gasteiger partial charge < -0.3 is 4.74 Å². The second-order valence-electron chi connectivity index (χ2n) is 11.7. The Morgan fingerprint density at radius 2 is 1.39 bits per heavy atom. The number of rotatable bonds is 7. The number of carbonyl (C=O) groups excluding carboxylic acids is 4. The second-order valence-corrected chi connectivity index (χ2v) is 12.1. The van der Waals surface area contributed by atoms with Crippen molar-refractivity contribution in [2.24, 2.45) is 11.8 Å². The summed E-state index contributed by atoms with van der Waals surface area (Å²) in [5.74, 6) is -1.75. The molecule has 5 aromatic rings. The van der Waals surface area contributed by atoms with E-state index in [0.717, 1.165) is 36.8 Å². The Labute approximate surface area is 270 Å². The molecule has 0 bridgehead atoms. The zero-order valence-electron chi connectivity index (χ0n) is 24.8. The SMILES string of the molecule is O=C(COC(=O)c1cc(-c2ccc(N3C(=O)C4CCCCC4C3=O)cc2)nc2c(Cl)cccc12)c1ccc(-c2ccccc2)cc1. The maximum Gasteiger partial charge on any atom is 0.339 e. The summed E-state index contributed by atoms with van der Waals surface area (Å²) >= 11 is 6.51. The first-order valence-corrected chi connectivity index (χ1v) is 15.7. The van der Waals surface area contributed by atoms with E-state index in [2.05, 4.69) is 0 Å². The Balaban J connectivity index is 1.12. The normalized spacial score (nSPS) is 17.6. The lowest BCUT2D eigenvalue weighted by atomic mass is 9.81. The van der Waals surface area contributed by atoms with Crippen LogP contribution in [0.2, 0.25) is 5.02 Å². The van der Waals surface area contributed by atoms with Crippen LogP contribution in [-0.4, -0.2) is 35.2 Å². The number of amides is 2. The Kier molecular flexibility index (Phi) is 7.93. The zero-order chi connectivity index (χ0) is 31.8. The highest BCUT2D eigenvalue weighted by Crippen LogP contribution is 2.40. The minimum absolute atomic E-state index is 0.134. The molecule has 4 aromatic carbocycles. The topological polar surface area (TPSA) is 93.6 Å². The summed E-state index contributed by atoms with van der Waals surface area (Å²) in [7, 11) is 0. The number of esters is 1. The van der Waals surface area contributed by atoms with Gasteiger partial charge in [-0.25, -0.2) is 9.78 Å². The van der Waals surface area contributed by atoms with Gasteiger partial charge >= 0.3 is 5.97 Å². The van der Waals surface area contributed by atoms with E-state index < -0.39 is 12.6 Å². The molecule has 2 heterocycles. The van der Waals surface area contributed by atoms with Gasteiger partial charge in [0.15, 0.2) is 12.4 Å². The number of Topliss-reactive ketones (excluding diaryl/α,β-unsaturated/α-hetero) is 1. The van der Waals surface area contributed by atoms with Crippen molar-refractivity contribution in [3.05, 3.63) is 119 Å². The van der Waals surface area contributed by atoms with Crippen molar-refractivity contribution >= 4 is 51.8 Å². The van der Waals surface area contributed by atoms with Crippen LogP contribution in [0.4, 0.5) is 5.69 Å². The lowest BCUT2D eigenvalue weighted by molar-refractivity contribution is -0.122. The summed E-state index contributed by atoms with van der Waals surface area (Å²) in [4.78, 5) is 58.6. The summed E-state index contributed by atoms with van der Waals surface area (Å²) in [6.07, 6.45) is 3.42. The molecule has 46 heavy (non-hydrogen) atoms. The van der Waals surface area contributed by atoms with Crippen molar-refractivity contribution in [1.29, 1.82) is 0 Å². The van der Waals surface area contributed by atoms with E-state index in [4.69, 9.17) is 21.3 Å². The van der Waals surface area contributed by atoms with Crippen molar-refractivity contribution in [2.45, 2.75) is 25.7 Å². The molecular weight excluding hydrogens is 600 g/mol. The van der Waals surface area contributed by atoms with E-state index in [1.165, 1.54) is 4.90 Å². The molecule has 1 aliphatic carbocycles. The summed E-state index contributed by atoms with van der Waals surface area (Å²) in [6, 6.07) is 30.7. The molecule has 0 radical (unpaired) electrons. The zero-order valence-corrected chi connectivity index (χ0v) is 25.6. The van der Waals surface area contributed by atoms with Crippen molar-refractivity contribution in [2.75, 3.05) is 11.5 Å². The Morgan fingerprint density at radius 1 is 0.761 bits per heavy atom. The number of ether oxygens (including phenoxy) is 1. The molecule has 0 N–H and O–H groups in total. The fraction of sp³-hybridized carbons (Fsp3) is 0.184. The van der Waals surface area contributed by atoms with Crippen LogP contribution < -0.4 is 4.90 Å². The van der Waals surface area contributed by atoms with Crippen LogP contribution >= 0.6 is 11.6 Å². The highest BCUT2D eigenvalue weighted by atomic mass is 35.5. The van der Waals surface area contributed by atoms with E-state index in [9.17, 15) is 19.2 Å². The van der Waals surface area contributed by atoms with Gasteiger partial charge in [0, 0.05) is 16.5 Å². The lowest BCUT2D eigenvalue weighted by Crippen LogP contribution is -2.30. The molecule has 228 valence electrons. The molecule has 1 saturated heterocycles. The Bertz CT molecular complexity index is 1970. The summed E-state index contributed by atoms with van der Waals surface area (Å²) < 4.78 is 5.51. The number of halogens is 1. The number of aromatic nitrogens is 1. The van der Waals surface area contributed by atoms with Crippen LogP contribution in [-0.2, 0) is 14.3 Å². The predicted molar refractivity (Wildman–Crippen MR) is 177 cm³/mol. The van der Waals surface area contributed by atoms with E-state index in [0.29, 0.717) is 38.4 Å². The van der Waals surface area contributed by atoms with Crippen LogP contribution in [0, 0.1) is 11.8 Å². The lowest BCUT2D eigenvalue weighted by Gasteiger charge is -2.19. The van der Waals surface area contributed by atoms with Gasteiger partial charge in [-0.2, -0.15) is 0 Å². The van der Waals surface area contributed by atoms with Crippen LogP contribution in [0.1, 0.15) is 46.4 Å². The van der Waals surface area contributed by atoms with Crippen LogP contribution in [0.5, 0.6) is 0 Å². The molecule has 2 unspecified atom stereocenters. The molecule has 0 spiro atoms. The Hall–Kier alpha value is -5.14. The van der Waals surface area contributed by atoms with Crippen molar-refractivity contribution in [1.82, 2.24) is 4.98 Å². The highest BCUT2D eigenvalue weighted by Gasteiger charge is 2.48. The third-order valence-corrected chi connectivity index (χ3v) is 9.23. The smallest absolute Gasteiger partial charge is 0.339 e. The number of hydrogen-bond acceptors (Lipinski definition) is 6. The minimum Gasteiger partial charge on any atom is -0.454 e. The maximum absolute atomic E-state index is 13.4. The molecule has 7 rings (SSSR count). The fourth-order valence-corrected chi connectivity index (χ4v) is 6.72. The van der Waals surface area contributed by atoms with Crippen molar-refractivity contribution in [3.8, 4) is 22.4 Å². The third-order valence-electron chi connectivity index (χ3n) is 8.92. The number of nitrogens with zero attached hydrogens (tertiary/aromatic N) is 2. The van der Waals surface area contributed by atoms with E-state index >= 15 is 0 Å².